The first-order valence-corrected chi connectivity index (χ1v) is 14.9. The summed E-state index contributed by atoms with van der Waals surface area (Å²) in [6.45, 7) is 2.60. The van der Waals surface area contributed by atoms with Crippen LogP contribution in [0.15, 0.2) is 78.3 Å². The van der Waals surface area contributed by atoms with Crippen LogP contribution in [0.25, 0.3) is 27.8 Å². The Hall–Kier alpha value is -4.53. The van der Waals surface area contributed by atoms with Gasteiger partial charge < -0.3 is 4.90 Å². The highest BCUT2D eigenvalue weighted by Gasteiger charge is 2.44. The lowest BCUT2D eigenvalue weighted by atomic mass is 9.86. The summed E-state index contributed by atoms with van der Waals surface area (Å²) in [7, 11) is -3.19. The number of hydrogen-bond donors (Lipinski definition) is 1. The molecule has 1 aromatic carbocycles. The van der Waals surface area contributed by atoms with Gasteiger partial charge in [0.05, 0.1) is 28.4 Å². The highest BCUT2D eigenvalue weighted by atomic mass is 32.2. The minimum absolute atomic E-state index is 0.353. The molecule has 40 heavy (non-hydrogen) atoms. The molecule has 2 bridgehead atoms. The van der Waals surface area contributed by atoms with Crippen molar-refractivity contribution in [3.63, 3.8) is 0 Å². The van der Waals surface area contributed by atoms with Gasteiger partial charge in [0, 0.05) is 78.8 Å². The lowest BCUT2D eigenvalue weighted by Crippen LogP contribution is -2.68. The smallest absolute Gasteiger partial charge is 0.175 e. The Balaban J connectivity index is 1.10. The van der Waals surface area contributed by atoms with Crippen LogP contribution in [-0.2, 0) is 16.4 Å². The van der Waals surface area contributed by atoms with E-state index in [1.54, 1.807) is 29.0 Å². The van der Waals surface area contributed by atoms with Crippen molar-refractivity contribution in [1.29, 1.82) is 5.26 Å². The summed E-state index contributed by atoms with van der Waals surface area (Å²) < 4.78 is 25.3. The number of nitriles is 1. The Kier molecular flexibility index (Phi) is 5.69. The first-order chi connectivity index (χ1) is 19.4. The molecule has 200 valence electrons. The quantitative estimate of drug-likeness (QED) is 0.341. The van der Waals surface area contributed by atoms with Crippen LogP contribution in [0.5, 0.6) is 0 Å². The van der Waals surface area contributed by atoms with E-state index in [0.29, 0.717) is 22.5 Å². The summed E-state index contributed by atoms with van der Waals surface area (Å²) in [6.07, 6.45) is 11.3. The van der Waals surface area contributed by atoms with Crippen LogP contribution in [-0.4, -0.2) is 69.5 Å². The molecule has 2 atom stereocenters. The summed E-state index contributed by atoms with van der Waals surface area (Å²) in [5.74, 6) is 0.937. The number of aromatic amines is 1. The zero-order valence-corrected chi connectivity index (χ0v) is 22.6. The Morgan fingerprint density at radius 2 is 1.82 bits per heavy atom. The number of sulfone groups is 1. The maximum atomic E-state index is 11.8. The van der Waals surface area contributed by atoms with Crippen LogP contribution in [0.3, 0.4) is 0 Å². The number of piperidine rings is 1. The summed E-state index contributed by atoms with van der Waals surface area (Å²) in [5, 5.41) is 21.0. The van der Waals surface area contributed by atoms with E-state index in [0.717, 1.165) is 65.2 Å². The Labute approximate surface area is 231 Å². The van der Waals surface area contributed by atoms with Crippen LogP contribution in [0, 0.1) is 11.3 Å². The Morgan fingerprint density at radius 3 is 2.48 bits per heavy atom. The van der Waals surface area contributed by atoms with Gasteiger partial charge in [-0.05, 0) is 42.3 Å². The van der Waals surface area contributed by atoms with Gasteiger partial charge in [0.1, 0.15) is 11.9 Å². The normalized spacial score (nSPS) is 18.9. The standard InChI is InChI=1S/C29H26N8O2S/c1-40(38,39)26-5-2-19(3-6-26)15-36-24-9-25(36)18-35(17-24)28-7-4-20(11-31-28)27-8-21(23-12-32-33-13-23)16-37-29(27)22(10-30)14-34-37/h2-8,11-14,16,24-25H,9,15,17-18H2,1H3,(H,32,33). The Morgan fingerprint density at radius 1 is 1.02 bits per heavy atom. The molecule has 1 N–H and O–H groups in total. The molecule has 3 aliphatic rings. The molecule has 3 fully saturated rings. The average molecular weight is 551 g/mol. The topological polar surface area (TPSA) is 123 Å². The maximum absolute atomic E-state index is 11.8. The third-order valence-electron chi connectivity index (χ3n) is 8.01. The van der Waals surface area contributed by atoms with E-state index in [-0.39, 0.29) is 0 Å². The first-order valence-electron chi connectivity index (χ1n) is 13.0. The molecule has 3 saturated heterocycles. The molecule has 2 unspecified atom stereocenters. The number of H-pyrrole nitrogens is 1. The van der Waals surface area contributed by atoms with Gasteiger partial charge in [0.2, 0.25) is 0 Å². The highest BCUT2D eigenvalue weighted by molar-refractivity contribution is 7.90. The monoisotopic (exact) mass is 550 g/mol. The molecule has 11 heteroatoms. The molecule has 0 spiro atoms. The van der Waals surface area contributed by atoms with E-state index in [9.17, 15) is 13.7 Å². The zero-order valence-electron chi connectivity index (χ0n) is 21.8. The number of aromatic nitrogens is 5. The lowest BCUT2D eigenvalue weighted by Gasteiger charge is -2.56. The van der Waals surface area contributed by atoms with Crippen LogP contribution in [0.2, 0.25) is 0 Å². The van der Waals surface area contributed by atoms with Gasteiger partial charge in [-0.15, -0.1) is 0 Å². The maximum Gasteiger partial charge on any atom is 0.175 e. The van der Waals surface area contributed by atoms with Gasteiger partial charge in [0.25, 0.3) is 0 Å². The highest BCUT2D eigenvalue weighted by Crippen LogP contribution is 2.37. The SMILES string of the molecule is CS(=O)(=O)c1ccc(CN2C3CC2CN(c2ccc(-c4cc(-c5cn[nH]c5)cn5ncc(C#N)c45)cn2)C3)cc1. The molecular weight excluding hydrogens is 524 g/mol. The average Bonchev–Trinajstić information content (AvgIpc) is 3.66. The van der Waals surface area contributed by atoms with Crippen molar-refractivity contribution in [2.45, 2.75) is 29.9 Å². The largest absolute Gasteiger partial charge is 0.353 e. The molecule has 0 radical (unpaired) electrons. The van der Waals surface area contributed by atoms with Gasteiger partial charge in [-0.3, -0.25) is 10.00 Å². The molecule has 0 saturated carbocycles. The van der Waals surface area contributed by atoms with Gasteiger partial charge in [-0.1, -0.05) is 12.1 Å². The molecule has 7 heterocycles. The number of benzene rings is 1. The lowest BCUT2D eigenvalue weighted by molar-refractivity contribution is -0.00869. The van der Waals surface area contributed by atoms with Crippen LogP contribution in [0.1, 0.15) is 17.5 Å². The molecule has 0 amide bonds. The van der Waals surface area contributed by atoms with Crippen molar-refractivity contribution in [2.75, 3.05) is 24.2 Å². The van der Waals surface area contributed by atoms with Crippen molar-refractivity contribution in [3.8, 4) is 28.3 Å². The summed E-state index contributed by atoms with van der Waals surface area (Å²) in [4.78, 5) is 10.0. The van der Waals surface area contributed by atoms with E-state index < -0.39 is 9.84 Å². The van der Waals surface area contributed by atoms with Gasteiger partial charge in [-0.2, -0.15) is 15.5 Å². The van der Waals surface area contributed by atoms with Crippen molar-refractivity contribution < 1.29 is 8.42 Å². The van der Waals surface area contributed by atoms with Crippen LogP contribution in [0.4, 0.5) is 5.82 Å². The van der Waals surface area contributed by atoms with E-state index >= 15 is 0 Å². The summed E-state index contributed by atoms with van der Waals surface area (Å²) in [5.41, 5.74) is 6.07. The number of nitrogens with one attached hydrogen (secondary N) is 1. The molecular formula is C29H26N8O2S. The fourth-order valence-electron chi connectivity index (χ4n) is 5.91. The minimum atomic E-state index is -3.19. The van der Waals surface area contributed by atoms with Crippen molar-refractivity contribution in [3.05, 3.63) is 84.6 Å². The molecule has 3 aliphatic heterocycles. The molecule has 4 aromatic heterocycles. The van der Waals surface area contributed by atoms with Crippen LogP contribution < -0.4 is 4.90 Å². The van der Waals surface area contributed by atoms with Crippen molar-refractivity contribution in [1.82, 2.24) is 29.7 Å². The number of pyridine rings is 2. The fourth-order valence-corrected chi connectivity index (χ4v) is 6.54. The van der Waals surface area contributed by atoms with Crippen molar-refractivity contribution >= 4 is 21.2 Å². The van der Waals surface area contributed by atoms with Gasteiger partial charge in [0.15, 0.2) is 9.84 Å². The van der Waals surface area contributed by atoms with E-state index in [1.165, 1.54) is 6.26 Å². The molecule has 10 nitrogen and oxygen atoms in total. The summed E-state index contributed by atoms with van der Waals surface area (Å²) >= 11 is 0. The summed E-state index contributed by atoms with van der Waals surface area (Å²) in [6, 6.07) is 16.5. The van der Waals surface area contributed by atoms with Crippen LogP contribution >= 0.6 is 0 Å². The molecule has 5 aromatic rings. The predicted molar refractivity (Wildman–Crippen MR) is 150 cm³/mol. The number of fused-ring (bicyclic) bond motifs is 3. The second-order valence-corrected chi connectivity index (χ2v) is 12.6. The third kappa shape index (κ3) is 4.22. The second-order valence-electron chi connectivity index (χ2n) is 10.5. The predicted octanol–water partition coefficient (Wildman–Crippen LogP) is 3.52. The minimum Gasteiger partial charge on any atom is -0.353 e. The second kappa shape index (κ2) is 9.29. The van der Waals surface area contributed by atoms with E-state index in [4.69, 9.17) is 4.98 Å². The first kappa shape index (κ1) is 24.5. The van der Waals surface area contributed by atoms with Crippen molar-refractivity contribution in [2.24, 2.45) is 0 Å². The Bertz CT molecular complexity index is 1840. The number of piperazine rings is 1. The third-order valence-corrected chi connectivity index (χ3v) is 9.14. The van der Waals surface area contributed by atoms with E-state index in [2.05, 4.69) is 49.4 Å². The fraction of sp³-hybridized carbons (Fsp3) is 0.241. The number of anilines is 1. The van der Waals surface area contributed by atoms with Gasteiger partial charge >= 0.3 is 0 Å². The van der Waals surface area contributed by atoms with Gasteiger partial charge in [-0.25, -0.2) is 17.9 Å². The molecule has 0 aliphatic carbocycles. The van der Waals surface area contributed by atoms with E-state index in [1.807, 2.05) is 30.7 Å². The zero-order chi connectivity index (χ0) is 27.4. The number of rotatable bonds is 6. The molecule has 8 rings (SSSR count). The number of hydrogen-bond acceptors (Lipinski definition) is 8. The number of nitrogens with zero attached hydrogens (tertiary/aromatic N) is 7.